The van der Waals surface area contributed by atoms with Crippen molar-refractivity contribution in [1.29, 1.82) is 0 Å². The Hall–Kier alpha value is -2.00. The molecular weight excluding hydrogens is 224 g/mol. The Balaban J connectivity index is 1.72. The first kappa shape index (κ1) is 12.5. The highest BCUT2D eigenvalue weighted by atomic mass is 16.1. The lowest BCUT2D eigenvalue weighted by molar-refractivity contribution is 0.0982. The van der Waals surface area contributed by atoms with Crippen LogP contribution in [0, 0.1) is 0 Å². The molecule has 0 atom stereocenters. The topological polar surface area (TPSA) is 42.0 Å². The minimum Gasteiger partial charge on any atom is -0.312 e. The lowest BCUT2D eigenvalue weighted by Gasteiger charge is -2.04. The Morgan fingerprint density at radius 1 is 1.06 bits per heavy atom. The molecular formula is C15H16N2O. The Morgan fingerprint density at radius 2 is 1.78 bits per heavy atom. The summed E-state index contributed by atoms with van der Waals surface area (Å²) in [5, 5.41) is 3.27. The van der Waals surface area contributed by atoms with Crippen LogP contribution in [-0.2, 0) is 6.54 Å². The van der Waals surface area contributed by atoms with E-state index in [4.69, 9.17) is 0 Å². The van der Waals surface area contributed by atoms with Crippen LogP contribution in [0.15, 0.2) is 54.9 Å². The van der Waals surface area contributed by atoms with Gasteiger partial charge in [-0.25, -0.2) is 0 Å². The van der Waals surface area contributed by atoms with Crippen molar-refractivity contribution in [3.8, 4) is 0 Å². The molecule has 0 aliphatic carbocycles. The van der Waals surface area contributed by atoms with E-state index in [1.807, 2.05) is 18.2 Å². The molecule has 0 unspecified atom stereocenters. The lowest BCUT2D eigenvalue weighted by atomic mass is 10.1. The summed E-state index contributed by atoms with van der Waals surface area (Å²) >= 11 is 0. The largest absolute Gasteiger partial charge is 0.312 e. The number of hydrogen-bond donors (Lipinski definition) is 1. The summed E-state index contributed by atoms with van der Waals surface area (Å²) in [6.45, 7) is 1.49. The highest BCUT2D eigenvalue weighted by molar-refractivity contribution is 5.95. The number of nitrogens with one attached hydrogen (secondary N) is 1. The summed E-state index contributed by atoms with van der Waals surface area (Å²) in [5.41, 5.74) is 1.96. The maximum absolute atomic E-state index is 11.8. The van der Waals surface area contributed by atoms with E-state index in [1.54, 1.807) is 24.5 Å². The van der Waals surface area contributed by atoms with Crippen molar-refractivity contribution in [1.82, 2.24) is 10.3 Å². The van der Waals surface area contributed by atoms with Crippen molar-refractivity contribution >= 4 is 5.78 Å². The maximum Gasteiger partial charge on any atom is 0.164 e. The molecule has 0 aliphatic rings. The van der Waals surface area contributed by atoms with Crippen LogP contribution in [0.5, 0.6) is 0 Å². The molecule has 0 spiro atoms. The molecule has 0 radical (unpaired) electrons. The summed E-state index contributed by atoms with van der Waals surface area (Å²) in [7, 11) is 0. The molecule has 0 saturated heterocycles. The summed E-state index contributed by atoms with van der Waals surface area (Å²) in [6.07, 6.45) is 3.80. The average molecular weight is 240 g/mol. The van der Waals surface area contributed by atoms with Gasteiger partial charge in [0.25, 0.3) is 0 Å². The molecule has 0 aliphatic heterocycles. The molecule has 1 heterocycles. The fourth-order valence-corrected chi connectivity index (χ4v) is 1.71. The molecule has 92 valence electrons. The molecule has 18 heavy (non-hydrogen) atoms. The minimum atomic E-state index is 0.151. The van der Waals surface area contributed by atoms with Gasteiger partial charge in [-0.15, -0.1) is 0 Å². The number of rotatable bonds is 6. The van der Waals surface area contributed by atoms with E-state index in [-0.39, 0.29) is 5.78 Å². The fourth-order valence-electron chi connectivity index (χ4n) is 1.71. The SMILES string of the molecule is O=C(CCNCc1ccccc1)c1ccncc1. The van der Waals surface area contributed by atoms with E-state index >= 15 is 0 Å². The lowest BCUT2D eigenvalue weighted by Crippen LogP contribution is -2.17. The zero-order valence-electron chi connectivity index (χ0n) is 10.2. The van der Waals surface area contributed by atoms with Crippen molar-refractivity contribution in [2.75, 3.05) is 6.54 Å². The minimum absolute atomic E-state index is 0.151. The predicted octanol–water partition coefficient (Wildman–Crippen LogP) is 2.44. The number of hydrogen-bond acceptors (Lipinski definition) is 3. The summed E-state index contributed by atoms with van der Waals surface area (Å²) < 4.78 is 0. The third-order valence-corrected chi connectivity index (χ3v) is 2.70. The highest BCUT2D eigenvalue weighted by Crippen LogP contribution is 2.01. The molecule has 3 nitrogen and oxygen atoms in total. The Bertz CT molecular complexity index is 482. The van der Waals surface area contributed by atoms with Gasteiger partial charge in [-0.05, 0) is 17.7 Å². The van der Waals surface area contributed by atoms with Crippen LogP contribution in [0.25, 0.3) is 0 Å². The predicted molar refractivity (Wildman–Crippen MR) is 71.3 cm³/mol. The van der Waals surface area contributed by atoms with Crippen LogP contribution in [0.2, 0.25) is 0 Å². The van der Waals surface area contributed by atoms with Gasteiger partial charge in [-0.3, -0.25) is 9.78 Å². The highest BCUT2D eigenvalue weighted by Gasteiger charge is 2.03. The number of aromatic nitrogens is 1. The molecule has 0 fully saturated rings. The first-order chi connectivity index (χ1) is 8.86. The zero-order chi connectivity index (χ0) is 12.6. The number of ketones is 1. The number of pyridine rings is 1. The smallest absolute Gasteiger partial charge is 0.164 e. The molecule has 2 rings (SSSR count). The van der Waals surface area contributed by atoms with E-state index < -0.39 is 0 Å². The number of benzene rings is 1. The number of carbonyl (C=O) groups excluding carboxylic acids is 1. The van der Waals surface area contributed by atoms with E-state index in [9.17, 15) is 4.79 Å². The quantitative estimate of drug-likeness (QED) is 0.623. The first-order valence-corrected chi connectivity index (χ1v) is 6.04. The van der Waals surface area contributed by atoms with E-state index in [0.717, 1.165) is 12.1 Å². The van der Waals surface area contributed by atoms with Crippen LogP contribution in [0.3, 0.4) is 0 Å². The van der Waals surface area contributed by atoms with E-state index in [2.05, 4.69) is 22.4 Å². The molecule has 0 amide bonds. The van der Waals surface area contributed by atoms with Crippen LogP contribution in [0.4, 0.5) is 0 Å². The van der Waals surface area contributed by atoms with Crippen LogP contribution in [0.1, 0.15) is 22.3 Å². The third-order valence-electron chi connectivity index (χ3n) is 2.70. The van der Waals surface area contributed by atoms with Gasteiger partial charge in [0.05, 0.1) is 0 Å². The fraction of sp³-hybridized carbons (Fsp3) is 0.200. The van der Waals surface area contributed by atoms with Gasteiger partial charge in [0.1, 0.15) is 0 Å². The maximum atomic E-state index is 11.8. The van der Waals surface area contributed by atoms with Gasteiger partial charge in [-0.1, -0.05) is 30.3 Å². The molecule has 1 N–H and O–H groups in total. The van der Waals surface area contributed by atoms with Crippen molar-refractivity contribution < 1.29 is 4.79 Å². The van der Waals surface area contributed by atoms with Crippen LogP contribution >= 0.6 is 0 Å². The second-order valence-electron chi connectivity index (χ2n) is 4.07. The van der Waals surface area contributed by atoms with Crippen molar-refractivity contribution in [3.05, 3.63) is 66.0 Å². The van der Waals surface area contributed by atoms with Crippen molar-refractivity contribution in [2.24, 2.45) is 0 Å². The van der Waals surface area contributed by atoms with Gasteiger partial charge in [0.2, 0.25) is 0 Å². The van der Waals surface area contributed by atoms with Gasteiger partial charge in [-0.2, -0.15) is 0 Å². The zero-order valence-corrected chi connectivity index (χ0v) is 10.2. The summed E-state index contributed by atoms with van der Waals surface area (Å²) in [6, 6.07) is 13.7. The number of carbonyl (C=O) groups is 1. The van der Waals surface area contributed by atoms with E-state index in [1.165, 1.54) is 5.56 Å². The third kappa shape index (κ3) is 3.79. The Morgan fingerprint density at radius 3 is 2.50 bits per heavy atom. The molecule has 3 heteroatoms. The van der Waals surface area contributed by atoms with Gasteiger partial charge in [0, 0.05) is 37.5 Å². The molecule has 2 aromatic rings. The van der Waals surface area contributed by atoms with E-state index in [0.29, 0.717) is 13.0 Å². The Labute approximate surface area is 107 Å². The molecule has 0 bridgehead atoms. The van der Waals surface area contributed by atoms with Crippen molar-refractivity contribution in [3.63, 3.8) is 0 Å². The first-order valence-electron chi connectivity index (χ1n) is 6.04. The van der Waals surface area contributed by atoms with Crippen molar-refractivity contribution in [2.45, 2.75) is 13.0 Å². The molecule has 1 aromatic carbocycles. The Kier molecular flexibility index (Phi) is 4.61. The molecule has 1 aromatic heterocycles. The number of Topliss-reactive ketones (excluding diaryl/α,β-unsaturated/α-hetero) is 1. The van der Waals surface area contributed by atoms with Gasteiger partial charge >= 0.3 is 0 Å². The second-order valence-corrected chi connectivity index (χ2v) is 4.07. The monoisotopic (exact) mass is 240 g/mol. The van der Waals surface area contributed by atoms with Gasteiger partial charge in [0.15, 0.2) is 5.78 Å². The van der Waals surface area contributed by atoms with Crippen LogP contribution in [-0.4, -0.2) is 17.3 Å². The average Bonchev–Trinajstić information content (AvgIpc) is 2.45. The summed E-state index contributed by atoms with van der Waals surface area (Å²) in [5.74, 6) is 0.151. The van der Waals surface area contributed by atoms with Crippen LogP contribution < -0.4 is 5.32 Å². The van der Waals surface area contributed by atoms with Gasteiger partial charge < -0.3 is 5.32 Å². The summed E-state index contributed by atoms with van der Waals surface area (Å²) in [4.78, 5) is 15.7. The standard InChI is InChI=1S/C15H16N2O/c18-15(14-6-9-16-10-7-14)8-11-17-12-13-4-2-1-3-5-13/h1-7,9-10,17H,8,11-12H2. The number of nitrogens with zero attached hydrogens (tertiary/aromatic N) is 1. The normalized spacial score (nSPS) is 10.2. The second kappa shape index (κ2) is 6.67. The molecule has 0 saturated carbocycles.